The molecule has 0 unspecified atom stereocenters. The van der Waals surface area contributed by atoms with Crippen LogP contribution in [0, 0.1) is 5.41 Å². The molecule has 0 heterocycles. The summed E-state index contributed by atoms with van der Waals surface area (Å²) in [6, 6.07) is 7.06. The van der Waals surface area contributed by atoms with Crippen molar-refractivity contribution < 1.29 is 17.4 Å². The smallest absolute Gasteiger partial charge is 0.311 e. The summed E-state index contributed by atoms with van der Waals surface area (Å²) in [5, 5.41) is -0.615. The molecule has 0 bridgehead atoms. The van der Waals surface area contributed by atoms with Crippen LogP contribution in [0.5, 0.6) is 5.75 Å². The predicted octanol–water partition coefficient (Wildman–Crippen LogP) is 4.37. The molecule has 1 amide bonds. The van der Waals surface area contributed by atoms with Gasteiger partial charge in [-0.05, 0) is 50.3 Å². The Balaban J connectivity index is 3.02. The Morgan fingerprint density at radius 3 is 2.31 bits per heavy atom. The van der Waals surface area contributed by atoms with Crippen molar-refractivity contribution in [1.29, 1.82) is 0 Å². The summed E-state index contributed by atoms with van der Waals surface area (Å²) < 4.78 is 29.1. The van der Waals surface area contributed by atoms with Gasteiger partial charge in [-0.15, -0.1) is 0 Å². The van der Waals surface area contributed by atoms with Crippen LogP contribution in [0.1, 0.15) is 66.9 Å². The Morgan fingerprint density at radius 1 is 1.19 bits per heavy atom. The van der Waals surface area contributed by atoms with Crippen LogP contribution in [-0.4, -0.2) is 30.5 Å². The van der Waals surface area contributed by atoms with Gasteiger partial charge in [0.15, 0.2) is 0 Å². The van der Waals surface area contributed by atoms with E-state index in [4.69, 9.17) is 4.18 Å². The Kier molecular flexibility index (Phi) is 7.69. The van der Waals surface area contributed by atoms with Gasteiger partial charge in [-0.2, -0.15) is 8.42 Å². The second-order valence-corrected chi connectivity index (χ2v) is 10.4. The third-order valence-electron chi connectivity index (χ3n) is 4.17. The number of carbonyl (C=O) groups is 1. The first-order valence-corrected chi connectivity index (χ1v) is 10.6. The minimum Gasteiger partial charge on any atom is -0.382 e. The van der Waals surface area contributed by atoms with Gasteiger partial charge in [0.1, 0.15) is 5.75 Å². The summed E-state index contributed by atoms with van der Waals surface area (Å²) in [7, 11) is -3.64. The highest BCUT2D eigenvalue weighted by Gasteiger charge is 2.25. The van der Waals surface area contributed by atoms with Crippen molar-refractivity contribution in [1.82, 2.24) is 4.90 Å². The maximum atomic E-state index is 12.8. The monoisotopic (exact) mass is 383 g/mol. The summed E-state index contributed by atoms with van der Waals surface area (Å²) >= 11 is 0. The van der Waals surface area contributed by atoms with E-state index < -0.39 is 15.4 Å². The van der Waals surface area contributed by atoms with E-state index in [1.165, 1.54) is 0 Å². The molecule has 0 radical (unpaired) electrons. The molecule has 0 saturated heterocycles. The van der Waals surface area contributed by atoms with Crippen LogP contribution in [0.3, 0.4) is 0 Å². The van der Waals surface area contributed by atoms with Crippen molar-refractivity contribution in [2.45, 2.75) is 79.1 Å². The maximum absolute atomic E-state index is 12.8. The molecule has 0 N–H and O–H groups in total. The highest BCUT2D eigenvalue weighted by Crippen LogP contribution is 2.24. The molecular formula is C20H33NO4S. The van der Waals surface area contributed by atoms with E-state index in [0.717, 1.165) is 12.0 Å². The third-order valence-corrected chi connectivity index (χ3v) is 5.75. The summed E-state index contributed by atoms with van der Waals surface area (Å²) in [5.41, 5.74) is 0.767. The Labute approximate surface area is 158 Å². The molecule has 5 nitrogen and oxygen atoms in total. The van der Waals surface area contributed by atoms with E-state index in [9.17, 15) is 13.2 Å². The van der Waals surface area contributed by atoms with Crippen LogP contribution in [0.25, 0.3) is 0 Å². The summed E-state index contributed by atoms with van der Waals surface area (Å²) in [6.45, 7) is 13.8. The van der Waals surface area contributed by atoms with Gasteiger partial charge in [-0.25, -0.2) is 0 Å². The molecule has 1 rings (SSSR count). The molecule has 26 heavy (non-hydrogen) atoms. The number of amides is 1. The van der Waals surface area contributed by atoms with Gasteiger partial charge in [0, 0.05) is 19.0 Å². The van der Waals surface area contributed by atoms with Gasteiger partial charge in [0.25, 0.3) is 0 Å². The fraction of sp³-hybridized carbons (Fsp3) is 0.650. The lowest BCUT2D eigenvalue weighted by Crippen LogP contribution is -2.39. The van der Waals surface area contributed by atoms with E-state index in [1.807, 2.05) is 38.7 Å². The summed E-state index contributed by atoms with van der Waals surface area (Å²) in [6.07, 6.45) is 1.32. The molecule has 0 aromatic heterocycles. The zero-order valence-electron chi connectivity index (χ0n) is 17.1. The number of rotatable bonds is 8. The highest BCUT2D eigenvalue weighted by atomic mass is 32.2. The SMILES string of the molecule is CC[C@@H](C)N(Cc1cccc(OS(=O)(=O)C(C)C)c1)C(=O)CC(C)(C)C. The second kappa shape index (κ2) is 8.89. The molecule has 6 heteroatoms. The minimum absolute atomic E-state index is 0.0842. The van der Waals surface area contributed by atoms with Gasteiger partial charge in [-0.1, -0.05) is 39.8 Å². The fourth-order valence-corrected chi connectivity index (χ4v) is 2.95. The molecule has 0 aliphatic heterocycles. The lowest BCUT2D eigenvalue weighted by molar-refractivity contribution is -0.135. The first-order valence-electron chi connectivity index (χ1n) is 9.17. The number of nitrogens with zero attached hydrogens (tertiary/aromatic N) is 1. The zero-order chi connectivity index (χ0) is 20.1. The Hall–Kier alpha value is -1.56. The topological polar surface area (TPSA) is 63.7 Å². The van der Waals surface area contributed by atoms with Crippen molar-refractivity contribution in [3.8, 4) is 5.75 Å². The normalized spacial score (nSPS) is 13.5. The number of carbonyl (C=O) groups excluding carboxylic acids is 1. The largest absolute Gasteiger partial charge is 0.382 e. The van der Waals surface area contributed by atoms with E-state index in [-0.39, 0.29) is 23.1 Å². The zero-order valence-corrected chi connectivity index (χ0v) is 17.9. The minimum atomic E-state index is -3.64. The summed E-state index contributed by atoms with van der Waals surface area (Å²) in [5.74, 6) is 0.386. The quantitative estimate of drug-likeness (QED) is 0.626. The molecule has 148 valence electrons. The molecule has 1 atom stereocenters. The molecule has 0 fully saturated rings. The first-order chi connectivity index (χ1) is 11.9. The van der Waals surface area contributed by atoms with Crippen LogP contribution in [0.15, 0.2) is 24.3 Å². The van der Waals surface area contributed by atoms with E-state index in [0.29, 0.717) is 13.0 Å². The molecular weight excluding hydrogens is 350 g/mol. The van der Waals surface area contributed by atoms with E-state index in [1.54, 1.807) is 32.0 Å². The van der Waals surface area contributed by atoms with Crippen LogP contribution in [-0.2, 0) is 21.5 Å². The lowest BCUT2D eigenvalue weighted by atomic mass is 9.91. The molecule has 1 aromatic rings. The fourth-order valence-electron chi connectivity index (χ4n) is 2.39. The molecule has 0 saturated carbocycles. The average Bonchev–Trinajstić information content (AvgIpc) is 2.50. The number of hydrogen-bond donors (Lipinski definition) is 0. The van der Waals surface area contributed by atoms with Crippen LogP contribution >= 0.6 is 0 Å². The van der Waals surface area contributed by atoms with Crippen LogP contribution in [0.2, 0.25) is 0 Å². The van der Waals surface area contributed by atoms with Gasteiger partial charge < -0.3 is 9.08 Å². The molecule has 0 spiro atoms. The highest BCUT2D eigenvalue weighted by molar-refractivity contribution is 7.87. The average molecular weight is 384 g/mol. The maximum Gasteiger partial charge on any atom is 0.311 e. The van der Waals surface area contributed by atoms with E-state index in [2.05, 4.69) is 6.92 Å². The predicted molar refractivity (Wildman–Crippen MR) is 106 cm³/mol. The van der Waals surface area contributed by atoms with Gasteiger partial charge in [-0.3, -0.25) is 4.79 Å². The molecule has 1 aromatic carbocycles. The van der Waals surface area contributed by atoms with Crippen molar-refractivity contribution >= 4 is 16.0 Å². The Bertz CT molecular complexity index is 705. The third kappa shape index (κ3) is 6.98. The first kappa shape index (κ1) is 22.5. The van der Waals surface area contributed by atoms with Gasteiger partial charge in [0.2, 0.25) is 5.91 Å². The molecule has 0 aliphatic carbocycles. The van der Waals surface area contributed by atoms with Gasteiger partial charge in [0.05, 0.1) is 5.25 Å². The van der Waals surface area contributed by atoms with E-state index >= 15 is 0 Å². The van der Waals surface area contributed by atoms with Crippen LogP contribution in [0.4, 0.5) is 0 Å². The number of benzene rings is 1. The number of hydrogen-bond acceptors (Lipinski definition) is 4. The van der Waals surface area contributed by atoms with Crippen LogP contribution < -0.4 is 4.18 Å². The lowest BCUT2D eigenvalue weighted by Gasteiger charge is -2.31. The standard InChI is InChI=1S/C20H33NO4S/c1-8-16(4)21(19(22)13-20(5,6)7)14-17-10-9-11-18(12-17)25-26(23,24)15(2)3/h9-12,15-16H,8,13-14H2,1-7H3/t16-/m1/s1. The van der Waals surface area contributed by atoms with Crippen molar-refractivity contribution in [3.05, 3.63) is 29.8 Å². The van der Waals surface area contributed by atoms with Crippen molar-refractivity contribution in [3.63, 3.8) is 0 Å². The van der Waals surface area contributed by atoms with Crippen molar-refractivity contribution in [2.24, 2.45) is 5.41 Å². The molecule has 0 aliphatic rings. The summed E-state index contributed by atoms with van der Waals surface area (Å²) in [4.78, 5) is 14.6. The second-order valence-electron chi connectivity index (χ2n) is 8.29. The Morgan fingerprint density at radius 2 is 1.81 bits per heavy atom. The van der Waals surface area contributed by atoms with Gasteiger partial charge >= 0.3 is 10.1 Å². The van der Waals surface area contributed by atoms with Crippen molar-refractivity contribution in [2.75, 3.05) is 0 Å².